The van der Waals surface area contributed by atoms with Gasteiger partial charge in [-0.15, -0.1) is 5.10 Å². The molecule has 1 unspecified atom stereocenters. The molecule has 0 radical (unpaired) electrons. The number of piperazine rings is 1. The predicted octanol–water partition coefficient (Wildman–Crippen LogP) is 1.20. The normalized spacial score (nSPS) is 18.8. The molecule has 3 rings (SSSR count). The van der Waals surface area contributed by atoms with Crippen LogP contribution in [0.1, 0.15) is 18.3 Å². The van der Waals surface area contributed by atoms with Gasteiger partial charge in [0.2, 0.25) is 5.95 Å². The highest BCUT2D eigenvalue weighted by Gasteiger charge is 2.19. The van der Waals surface area contributed by atoms with Gasteiger partial charge in [-0.1, -0.05) is 18.2 Å². The molecule has 2 aromatic rings. The number of nitrogens with zero attached hydrogens (tertiary/aromatic N) is 3. The van der Waals surface area contributed by atoms with Crippen LogP contribution >= 0.6 is 0 Å². The van der Waals surface area contributed by atoms with Crippen LogP contribution in [0, 0.1) is 0 Å². The summed E-state index contributed by atoms with van der Waals surface area (Å²) in [4.78, 5) is 6.83. The first-order valence-electron chi connectivity index (χ1n) is 7.28. The molecule has 1 aliphatic rings. The largest absolute Gasteiger partial charge is 0.496 e. The van der Waals surface area contributed by atoms with Crippen LogP contribution in [0.3, 0.4) is 0 Å². The van der Waals surface area contributed by atoms with Crippen molar-refractivity contribution in [3.05, 3.63) is 35.7 Å². The number of aromatic amines is 1. The highest BCUT2D eigenvalue weighted by atomic mass is 16.5. The molecule has 1 aromatic heterocycles. The summed E-state index contributed by atoms with van der Waals surface area (Å²) in [5.41, 5.74) is 1.11. The van der Waals surface area contributed by atoms with Gasteiger partial charge in [-0.25, -0.2) is 0 Å². The molecule has 1 saturated heterocycles. The van der Waals surface area contributed by atoms with Crippen molar-refractivity contribution in [1.82, 2.24) is 20.5 Å². The van der Waals surface area contributed by atoms with E-state index in [0.29, 0.717) is 12.5 Å². The van der Waals surface area contributed by atoms with Gasteiger partial charge in [-0.2, -0.15) is 4.98 Å². The van der Waals surface area contributed by atoms with Gasteiger partial charge in [0, 0.05) is 37.7 Å². The number of benzene rings is 1. The standard InChI is InChI=1S/C15H21N5O/c1-11-10-20(8-7-16-11)15-17-14(18-19-15)9-12-5-3-4-6-13(12)21-2/h3-6,11,16H,7-10H2,1-2H3,(H,17,18,19). The van der Waals surface area contributed by atoms with E-state index in [2.05, 4.69) is 32.3 Å². The molecule has 0 saturated carbocycles. The Kier molecular flexibility index (Phi) is 4.06. The van der Waals surface area contributed by atoms with E-state index in [-0.39, 0.29) is 0 Å². The first-order chi connectivity index (χ1) is 10.3. The van der Waals surface area contributed by atoms with Crippen molar-refractivity contribution in [3.63, 3.8) is 0 Å². The smallest absolute Gasteiger partial charge is 0.244 e. The molecule has 1 aliphatic heterocycles. The lowest BCUT2D eigenvalue weighted by Gasteiger charge is -2.30. The van der Waals surface area contributed by atoms with E-state index in [1.54, 1.807) is 7.11 Å². The van der Waals surface area contributed by atoms with Gasteiger partial charge >= 0.3 is 0 Å². The number of hydrogen-bond acceptors (Lipinski definition) is 5. The number of nitrogens with one attached hydrogen (secondary N) is 2. The Morgan fingerprint density at radius 1 is 1.38 bits per heavy atom. The molecule has 6 nitrogen and oxygen atoms in total. The molecule has 0 amide bonds. The quantitative estimate of drug-likeness (QED) is 0.884. The minimum absolute atomic E-state index is 0.468. The molecule has 112 valence electrons. The van der Waals surface area contributed by atoms with Gasteiger partial charge in [0.15, 0.2) is 0 Å². The molecule has 1 fully saturated rings. The Bertz CT molecular complexity index is 597. The second-order valence-electron chi connectivity index (χ2n) is 5.37. The van der Waals surface area contributed by atoms with E-state index in [1.807, 2.05) is 24.3 Å². The Morgan fingerprint density at radius 2 is 2.24 bits per heavy atom. The number of ether oxygens (including phenoxy) is 1. The van der Waals surface area contributed by atoms with E-state index >= 15 is 0 Å². The average molecular weight is 287 g/mol. The Balaban J connectivity index is 1.73. The fraction of sp³-hybridized carbons (Fsp3) is 0.467. The first-order valence-corrected chi connectivity index (χ1v) is 7.28. The van der Waals surface area contributed by atoms with E-state index in [1.165, 1.54) is 0 Å². The minimum atomic E-state index is 0.468. The Morgan fingerprint density at radius 3 is 3.05 bits per heavy atom. The summed E-state index contributed by atoms with van der Waals surface area (Å²) >= 11 is 0. The fourth-order valence-corrected chi connectivity index (χ4v) is 2.65. The molecule has 0 aliphatic carbocycles. The number of H-pyrrole nitrogens is 1. The molecule has 0 spiro atoms. The SMILES string of the molecule is COc1ccccc1Cc1nc(N2CCNC(C)C2)n[nH]1. The second kappa shape index (κ2) is 6.13. The van der Waals surface area contributed by atoms with Gasteiger partial charge < -0.3 is 15.0 Å². The number of para-hydroxylation sites is 1. The zero-order chi connectivity index (χ0) is 14.7. The monoisotopic (exact) mass is 287 g/mol. The van der Waals surface area contributed by atoms with E-state index in [9.17, 15) is 0 Å². The third kappa shape index (κ3) is 3.16. The summed E-state index contributed by atoms with van der Waals surface area (Å²) in [7, 11) is 1.69. The number of hydrogen-bond donors (Lipinski definition) is 2. The van der Waals surface area contributed by atoms with Crippen LogP contribution in [0.4, 0.5) is 5.95 Å². The summed E-state index contributed by atoms with van der Waals surface area (Å²) in [5.74, 6) is 2.53. The van der Waals surface area contributed by atoms with Gasteiger partial charge in [-0.05, 0) is 13.0 Å². The van der Waals surface area contributed by atoms with Crippen molar-refractivity contribution < 1.29 is 4.74 Å². The summed E-state index contributed by atoms with van der Waals surface area (Å²) in [5, 5.41) is 10.8. The highest BCUT2D eigenvalue weighted by Crippen LogP contribution is 2.20. The summed E-state index contributed by atoms with van der Waals surface area (Å²) in [6.45, 7) is 5.02. The predicted molar refractivity (Wildman–Crippen MR) is 81.9 cm³/mol. The lowest BCUT2D eigenvalue weighted by Crippen LogP contribution is -2.49. The molecular formula is C15H21N5O. The minimum Gasteiger partial charge on any atom is -0.496 e. The maximum atomic E-state index is 5.37. The molecule has 1 aromatic carbocycles. The number of aromatic nitrogens is 3. The van der Waals surface area contributed by atoms with E-state index < -0.39 is 0 Å². The van der Waals surface area contributed by atoms with Crippen molar-refractivity contribution in [3.8, 4) is 5.75 Å². The lowest BCUT2D eigenvalue weighted by molar-refractivity contribution is 0.410. The van der Waals surface area contributed by atoms with Crippen LogP contribution < -0.4 is 15.0 Å². The number of anilines is 1. The topological polar surface area (TPSA) is 66.1 Å². The second-order valence-corrected chi connectivity index (χ2v) is 5.37. The zero-order valence-electron chi connectivity index (χ0n) is 12.5. The molecule has 0 bridgehead atoms. The molecule has 6 heteroatoms. The van der Waals surface area contributed by atoms with Crippen LogP contribution in [-0.2, 0) is 6.42 Å². The number of rotatable bonds is 4. The summed E-state index contributed by atoms with van der Waals surface area (Å²) in [6, 6.07) is 8.46. The fourth-order valence-electron chi connectivity index (χ4n) is 2.65. The van der Waals surface area contributed by atoms with Gasteiger partial charge in [0.1, 0.15) is 11.6 Å². The maximum absolute atomic E-state index is 5.37. The Labute approximate surface area is 124 Å². The lowest BCUT2D eigenvalue weighted by atomic mass is 10.1. The first kappa shape index (κ1) is 13.9. The van der Waals surface area contributed by atoms with E-state index in [0.717, 1.165) is 42.7 Å². The Hall–Kier alpha value is -2.08. The molecule has 2 heterocycles. The van der Waals surface area contributed by atoms with Gasteiger partial charge in [-0.3, -0.25) is 5.10 Å². The van der Waals surface area contributed by atoms with Crippen molar-refractivity contribution in [1.29, 1.82) is 0 Å². The van der Waals surface area contributed by atoms with Crippen LogP contribution in [0.15, 0.2) is 24.3 Å². The van der Waals surface area contributed by atoms with Crippen molar-refractivity contribution in [2.45, 2.75) is 19.4 Å². The van der Waals surface area contributed by atoms with Gasteiger partial charge in [0.25, 0.3) is 0 Å². The molecular weight excluding hydrogens is 266 g/mol. The van der Waals surface area contributed by atoms with Crippen molar-refractivity contribution in [2.24, 2.45) is 0 Å². The van der Waals surface area contributed by atoms with Crippen LogP contribution in [0.25, 0.3) is 0 Å². The van der Waals surface area contributed by atoms with E-state index in [4.69, 9.17) is 4.74 Å². The third-order valence-electron chi connectivity index (χ3n) is 3.72. The summed E-state index contributed by atoms with van der Waals surface area (Å²) < 4.78 is 5.37. The van der Waals surface area contributed by atoms with Crippen LogP contribution in [0.2, 0.25) is 0 Å². The average Bonchev–Trinajstić information content (AvgIpc) is 2.96. The highest BCUT2D eigenvalue weighted by molar-refractivity contribution is 5.36. The van der Waals surface area contributed by atoms with Crippen LogP contribution in [0.5, 0.6) is 5.75 Å². The molecule has 2 N–H and O–H groups in total. The zero-order valence-corrected chi connectivity index (χ0v) is 12.5. The van der Waals surface area contributed by atoms with Gasteiger partial charge in [0.05, 0.1) is 7.11 Å². The van der Waals surface area contributed by atoms with Crippen molar-refractivity contribution >= 4 is 5.95 Å². The van der Waals surface area contributed by atoms with Crippen molar-refractivity contribution in [2.75, 3.05) is 31.6 Å². The van der Waals surface area contributed by atoms with Crippen LogP contribution in [-0.4, -0.2) is 48.0 Å². The molecule has 21 heavy (non-hydrogen) atoms. The number of methoxy groups -OCH3 is 1. The summed E-state index contributed by atoms with van der Waals surface area (Å²) in [6.07, 6.45) is 0.693. The maximum Gasteiger partial charge on any atom is 0.244 e. The third-order valence-corrected chi connectivity index (χ3v) is 3.72. The molecule has 1 atom stereocenters.